The quantitative estimate of drug-likeness (QED) is 0.547. The first-order valence-electron chi connectivity index (χ1n) is 9.63. The number of rotatable bonds is 6. The first-order chi connectivity index (χ1) is 14.1. The summed E-state index contributed by atoms with van der Waals surface area (Å²) >= 11 is 0. The van der Waals surface area contributed by atoms with E-state index in [0.29, 0.717) is 12.4 Å². The van der Waals surface area contributed by atoms with Crippen LogP contribution in [-0.4, -0.2) is 34.7 Å². The van der Waals surface area contributed by atoms with Gasteiger partial charge in [0.05, 0.1) is 12.2 Å². The Labute approximate surface area is 168 Å². The van der Waals surface area contributed by atoms with E-state index in [2.05, 4.69) is 32.5 Å². The molecule has 3 heterocycles. The highest BCUT2D eigenvalue weighted by molar-refractivity contribution is 5.78. The fraction of sp³-hybridized carbons (Fsp3) is 0.286. The number of benzene rings is 1. The third-order valence-electron chi connectivity index (χ3n) is 5.21. The Hall–Kier alpha value is -3.55. The number of pyridine rings is 1. The van der Waals surface area contributed by atoms with Crippen LogP contribution in [0.3, 0.4) is 0 Å². The zero-order chi connectivity index (χ0) is 20.4. The van der Waals surface area contributed by atoms with Gasteiger partial charge in [0.2, 0.25) is 5.82 Å². The van der Waals surface area contributed by atoms with Gasteiger partial charge in [0, 0.05) is 35.8 Å². The summed E-state index contributed by atoms with van der Waals surface area (Å²) in [6.07, 6.45) is 3.70. The fourth-order valence-electron chi connectivity index (χ4n) is 3.58. The van der Waals surface area contributed by atoms with Crippen LogP contribution in [0, 0.1) is 6.92 Å². The molecular formula is C21H23N7O. The van der Waals surface area contributed by atoms with E-state index in [1.165, 1.54) is 0 Å². The molecule has 3 aromatic heterocycles. The van der Waals surface area contributed by atoms with Crippen LogP contribution in [0.15, 0.2) is 47.4 Å². The van der Waals surface area contributed by atoms with Crippen molar-refractivity contribution in [1.82, 2.24) is 34.7 Å². The van der Waals surface area contributed by atoms with E-state index in [1.54, 1.807) is 4.57 Å². The van der Waals surface area contributed by atoms with Gasteiger partial charge >= 0.3 is 5.69 Å². The molecule has 0 amide bonds. The van der Waals surface area contributed by atoms with E-state index < -0.39 is 0 Å². The molecule has 4 aromatic rings. The minimum Gasteiger partial charge on any atom is -0.299 e. The summed E-state index contributed by atoms with van der Waals surface area (Å²) in [4.78, 5) is 17.3. The maximum atomic E-state index is 12.6. The monoisotopic (exact) mass is 389 g/mol. The van der Waals surface area contributed by atoms with Gasteiger partial charge in [0.1, 0.15) is 0 Å². The van der Waals surface area contributed by atoms with Gasteiger partial charge in [-0.3, -0.25) is 14.1 Å². The molecule has 0 atom stereocenters. The van der Waals surface area contributed by atoms with Gasteiger partial charge in [-0.15, -0.1) is 10.2 Å². The predicted molar refractivity (Wildman–Crippen MR) is 110 cm³/mol. The lowest BCUT2D eigenvalue weighted by Crippen LogP contribution is -2.24. The number of tetrazole rings is 1. The van der Waals surface area contributed by atoms with Crippen LogP contribution in [-0.2, 0) is 20.0 Å². The van der Waals surface area contributed by atoms with Crippen LogP contribution in [0.5, 0.6) is 0 Å². The highest BCUT2D eigenvalue weighted by atomic mass is 16.1. The fourth-order valence-corrected chi connectivity index (χ4v) is 3.58. The molecule has 4 rings (SSSR count). The number of aromatic amines is 1. The first kappa shape index (κ1) is 18.8. The molecular weight excluding hydrogens is 366 g/mol. The van der Waals surface area contributed by atoms with Crippen LogP contribution >= 0.6 is 0 Å². The molecule has 0 aliphatic rings. The smallest absolute Gasteiger partial charge is 0.299 e. The molecule has 0 aliphatic heterocycles. The Balaban J connectivity index is 1.66. The second-order valence-electron chi connectivity index (χ2n) is 7.04. The summed E-state index contributed by atoms with van der Waals surface area (Å²) in [5.74, 6) is 0.530. The third-order valence-corrected chi connectivity index (χ3v) is 5.21. The first-order valence-corrected chi connectivity index (χ1v) is 9.63. The Morgan fingerprint density at radius 2 is 1.90 bits per heavy atom. The van der Waals surface area contributed by atoms with E-state index in [1.807, 2.05) is 61.1 Å². The number of aromatic nitrogens is 7. The van der Waals surface area contributed by atoms with Crippen molar-refractivity contribution < 1.29 is 0 Å². The van der Waals surface area contributed by atoms with Crippen LogP contribution in [0.1, 0.15) is 30.3 Å². The Morgan fingerprint density at radius 1 is 1.10 bits per heavy atom. The molecule has 0 saturated carbocycles. The minimum absolute atomic E-state index is 0.0116. The summed E-state index contributed by atoms with van der Waals surface area (Å²) in [7, 11) is 1.82. The van der Waals surface area contributed by atoms with Crippen molar-refractivity contribution in [1.29, 1.82) is 0 Å². The molecule has 0 spiro atoms. The summed E-state index contributed by atoms with van der Waals surface area (Å²) in [5.41, 5.74) is 5.72. The second-order valence-corrected chi connectivity index (χ2v) is 7.04. The average molecular weight is 389 g/mol. The molecule has 1 aromatic carbocycles. The van der Waals surface area contributed by atoms with Gasteiger partial charge in [0.25, 0.3) is 0 Å². The normalized spacial score (nSPS) is 11.1. The zero-order valence-corrected chi connectivity index (χ0v) is 16.8. The van der Waals surface area contributed by atoms with Crippen molar-refractivity contribution in [3.05, 3.63) is 70.0 Å². The molecule has 0 radical (unpaired) electrons. The van der Waals surface area contributed by atoms with Crippen molar-refractivity contribution >= 4 is 0 Å². The minimum atomic E-state index is 0.0116. The van der Waals surface area contributed by atoms with E-state index in [4.69, 9.17) is 0 Å². The summed E-state index contributed by atoms with van der Waals surface area (Å²) in [5, 5.41) is 14.3. The predicted octanol–water partition coefficient (Wildman–Crippen LogP) is 2.74. The summed E-state index contributed by atoms with van der Waals surface area (Å²) in [6, 6.07) is 11.8. The van der Waals surface area contributed by atoms with Crippen LogP contribution in [0.2, 0.25) is 0 Å². The van der Waals surface area contributed by atoms with Crippen LogP contribution in [0.4, 0.5) is 0 Å². The summed E-state index contributed by atoms with van der Waals surface area (Å²) in [6.45, 7) is 4.63. The van der Waals surface area contributed by atoms with Crippen molar-refractivity contribution in [2.45, 2.75) is 33.2 Å². The molecule has 0 saturated heterocycles. The Bertz CT molecular complexity index is 1170. The molecule has 0 bridgehead atoms. The van der Waals surface area contributed by atoms with E-state index in [9.17, 15) is 4.79 Å². The highest BCUT2D eigenvalue weighted by Crippen LogP contribution is 2.28. The van der Waals surface area contributed by atoms with Gasteiger partial charge in [-0.05, 0) is 30.2 Å². The molecule has 148 valence electrons. The average Bonchev–Trinajstić information content (AvgIpc) is 3.35. The van der Waals surface area contributed by atoms with Crippen molar-refractivity contribution in [2.24, 2.45) is 7.05 Å². The van der Waals surface area contributed by atoms with E-state index in [-0.39, 0.29) is 5.69 Å². The lowest BCUT2D eigenvalue weighted by atomic mass is 10.0. The lowest BCUT2D eigenvalue weighted by Gasteiger charge is -2.09. The van der Waals surface area contributed by atoms with Crippen LogP contribution in [0.25, 0.3) is 22.6 Å². The van der Waals surface area contributed by atoms with Crippen LogP contribution < -0.4 is 5.69 Å². The van der Waals surface area contributed by atoms with E-state index in [0.717, 1.165) is 46.6 Å². The van der Waals surface area contributed by atoms with Gasteiger partial charge in [0.15, 0.2) is 0 Å². The van der Waals surface area contributed by atoms with Crippen molar-refractivity contribution in [3.63, 3.8) is 0 Å². The largest absolute Gasteiger partial charge is 0.328 e. The SMILES string of the molecule is CCCc1c(C)n(C)c(=O)n1Cc1ccc(-c2ccccc2-c2nn[nH]n2)nc1. The Morgan fingerprint density at radius 3 is 2.55 bits per heavy atom. The molecule has 8 nitrogen and oxygen atoms in total. The number of hydrogen-bond acceptors (Lipinski definition) is 5. The molecule has 29 heavy (non-hydrogen) atoms. The van der Waals surface area contributed by atoms with Gasteiger partial charge in [-0.25, -0.2) is 4.79 Å². The molecule has 0 fully saturated rings. The number of nitrogens with one attached hydrogen (secondary N) is 1. The maximum Gasteiger partial charge on any atom is 0.328 e. The van der Waals surface area contributed by atoms with Gasteiger partial charge < -0.3 is 0 Å². The lowest BCUT2D eigenvalue weighted by molar-refractivity contribution is 0.679. The number of nitrogens with zero attached hydrogens (tertiary/aromatic N) is 6. The number of imidazole rings is 1. The number of H-pyrrole nitrogens is 1. The second kappa shape index (κ2) is 7.83. The van der Waals surface area contributed by atoms with E-state index >= 15 is 0 Å². The zero-order valence-electron chi connectivity index (χ0n) is 16.8. The molecule has 0 unspecified atom stereocenters. The van der Waals surface area contributed by atoms with Gasteiger partial charge in [-0.2, -0.15) is 5.21 Å². The molecule has 8 heteroatoms. The Kier molecular flexibility index (Phi) is 5.07. The van der Waals surface area contributed by atoms with Gasteiger partial charge in [-0.1, -0.05) is 43.7 Å². The summed E-state index contributed by atoms with van der Waals surface area (Å²) < 4.78 is 3.57. The standard InChI is InChI=1S/C21H23N7O/c1-4-7-19-14(2)27(3)21(29)28(19)13-15-10-11-18(22-12-15)16-8-5-6-9-17(16)20-23-25-26-24-20/h5-6,8-12H,4,7,13H2,1-3H3,(H,23,24,25,26). The molecule has 1 N–H and O–H groups in total. The van der Waals surface area contributed by atoms with Crippen molar-refractivity contribution in [3.8, 4) is 22.6 Å². The maximum absolute atomic E-state index is 12.6. The van der Waals surface area contributed by atoms with Crippen molar-refractivity contribution in [2.75, 3.05) is 0 Å². The molecule has 0 aliphatic carbocycles. The third kappa shape index (κ3) is 3.49. The topological polar surface area (TPSA) is 94.3 Å². The highest BCUT2D eigenvalue weighted by Gasteiger charge is 2.15. The number of hydrogen-bond donors (Lipinski definition) is 1.